The molecule has 3 rings (SSSR count). The second-order valence-electron chi connectivity index (χ2n) is 6.78. The number of primary amides is 1. The van der Waals surface area contributed by atoms with Gasteiger partial charge in [0.25, 0.3) is 5.91 Å². The Morgan fingerprint density at radius 1 is 1.29 bits per heavy atom. The lowest BCUT2D eigenvalue weighted by atomic mass is 10.0. The molecule has 2 aliphatic heterocycles. The molecule has 0 radical (unpaired) electrons. The molecule has 0 saturated carbocycles. The molecule has 8 nitrogen and oxygen atoms in total. The Morgan fingerprint density at radius 3 is 2.58 bits per heavy atom. The molecule has 132 valence electrons. The number of nitrogens with zero attached hydrogens (tertiary/aromatic N) is 4. The highest BCUT2D eigenvalue weighted by molar-refractivity contribution is 5.92. The quantitative estimate of drug-likeness (QED) is 0.805. The van der Waals surface area contributed by atoms with E-state index in [9.17, 15) is 9.59 Å². The van der Waals surface area contributed by atoms with Gasteiger partial charge in [0.2, 0.25) is 5.91 Å². The van der Waals surface area contributed by atoms with E-state index in [-0.39, 0.29) is 18.1 Å². The van der Waals surface area contributed by atoms with Gasteiger partial charge in [-0.05, 0) is 13.8 Å². The Bertz CT molecular complexity index is 646. The van der Waals surface area contributed by atoms with Gasteiger partial charge in [-0.15, -0.1) is 0 Å². The normalized spacial score (nSPS) is 24.7. The van der Waals surface area contributed by atoms with Crippen molar-refractivity contribution in [3.8, 4) is 0 Å². The first-order valence-electron chi connectivity index (χ1n) is 8.35. The first-order valence-corrected chi connectivity index (χ1v) is 8.35. The monoisotopic (exact) mass is 335 g/mol. The van der Waals surface area contributed by atoms with Gasteiger partial charge in [0, 0.05) is 50.9 Å². The van der Waals surface area contributed by atoms with Gasteiger partial charge in [-0.25, -0.2) is 0 Å². The van der Waals surface area contributed by atoms with Gasteiger partial charge in [-0.1, -0.05) is 0 Å². The molecular weight excluding hydrogens is 310 g/mol. The highest BCUT2D eigenvalue weighted by Crippen LogP contribution is 2.22. The molecule has 2 atom stereocenters. The molecule has 8 heteroatoms. The number of ether oxygens (including phenoxy) is 1. The molecule has 1 aromatic heterocycles. The van der Waals surface area contributed by atoms with Crippen molar-refractivity contribution in [3.63, 3.8) is 0 Å². The summed E-state index contributed by atoms with van der Waals surface area (Å²) < 4.78 is 7.40. The van der Waals surface area contributed by atoms with E-state index in [2.05, 4.69) is 10.00 Å². The van der Waals surface area contributed by atoms with Gasteiger partial charge in [-0.3, -0.25) is 19.2 Å². The summed E-state index contributed by atoms with van der Waals surface area (Å²) in [6, 6.07) is 0. The SMILES string of the molecule is C[C@@H]1CN(C(=O)CN2CCc3c(c(C(N)=O)nn3C)C2)C[C@H](C)O1. The molecule has 1 aromatic rings. The molecule has 0 unspecified atom stereocenters. The van der Waals surface area contributed by atoms with E-state index in [1.165, 1.54) is 0 Å². The fourth-order valence-corrected chi connectivity index (χ4v) is 3.65. The molecule has 2 aliphatic rings. The third-order valence-corrected chi connectivity index (χ3v) is 4.69. The van der Waals surface area contributed by atoms with Crippen LogP contribution < -0.4 is 5.73 Å². The first kappa shape index (κ1) is 16.9. The summed E-state index contributed by atoms with van der Waals surface area (Å²) in [4.78, 5) is 28.1. The average molecular weight is 335 g/mol. The summed E-state index contributed by atoms with van der Waals surface area (Å²) in [6.45, 7) is 6.86. The molecule has 1 fully saturated rings. The van der Waals surface area contributed by atoms with E-state index in [1.54, 1.807) is 4.68 Å². The molecule has 0 aromatic carbocycles. The predicted octanol–water partition coefficient (Wildman–Crippen LogP) is -0.487. The Hall–Kier alpha value is -1.93. The molecule has 24 heavy (non-hydrogen) atoms. The molecule has 0 spiro atoms. The number of carbonyl (C=O) groups is 2. The summed E-state index contributed by atoms with van der Waals surface area (Å²) in [6.07, 6.45) is 0.880. The zero-order chi connectivity index (χ0) is 17.4. The molecule has 0 aliphatic carbocycles. The van der Waals surface area contributed by atoms with Crippen LogP contribution in [0.3, 0.4) is 0 Å². The maximum absolute atomic E-state index is 12.6. The maximum Gasteiger partial charge on any atom is 0.269 e. The Balaban J connectivity index is 1.67. The molecule has 0 bridgehead atoms. The van der Waals surface area contributed by atoms with Gasteiger partial charge in [0.05, 0.1) is 18.8 Å². The van der Waals surface area contributed by atoms with E-state index >= 15 is 0 Å². The van der Waals surface area contributed by atoms with Gasteiger partial charge in [-0.2, -0.15) is 5.10 Å². The lowest BCUT2D eigenvalue weighted by Crippen LogP contribution is -2.51. The summed E-state index contributed by atoms with van der Waals surface area (Å²) in [5.74, 6) is -0.416. The number of carbonyl (C=O) groups excluding carboxylic acids is 2. The fourth-order valence-electron chi connectivity index (χ4n) is 3.65. The van der Waals surface area contributed by atoms with Gasteiger partial charge in [0.15, 0.2) is 5.69 Å². The number of morpholine rings is 1. The zero-order valence-electron chi connectivity index (χ0n) is 14.5. The number of aryl methyl sites for hydroxylation is 1. The van der Waals surface area contributed by atoms with Gasteiger partial charge < -0.3 is 15.4 Å². The fraction of sp³-hybridized carbons (Fsp3) is 0.688. The number of aromatic nitrogens is 2. The molecule has 3 heterocycles. The molecular formula is C16H25N5O3. The predicted molar refractivity (Wildman–Crippen MR) is 87.3 cm³/mol. The van der Waals surface area contributed by atoms with Gasteiger partial charge in [0.1, 0.15) is 0 Å². The Labute approximate surface area is 141 Å². The van der Waals surface area contributed by atoms with Crippen molar-refractivity contribution in [2.75, 3.05) is 26.2 Å². The highest BCUT2D eigenvalue weighted by atomic mass is 16.5. The highest BCUT2D eigenvalue weighted by Gasteiger charge is 2.30. The minimum Gasteiger partial charge on any atom is -0.372 e. The van der Waals surface area contributed by atoms with Crippen LogP contribution in [0.5, 0.6) is 0 Å². The minimum absolute atomic E-state index is 0.0606. The second kappa shape index (κ2) is 6.52. The van der Waals surface area contributed by atoms with Crippen LogP contribution in [-0.2, 0) is 29.5 Å². The van der Waals surface area contributed by atoms with Crippen LogP contribution in [0.1, 0.15) is 35.6 Å². The van der Waals surface area contributed by atoms with Crippen LogP contribution in [0.15, 0.2) is 0 Å². The lowest BCUT2D eigenvalue weighted by molar-refractivity contribution is -0.144. The van der Waals surface area contributed by atoms with E-state index in [1.807, 2.05) is 25.8 Å². The van der Waals surface area contributed by atoms with Crippen molar-refractivity contribution in [1.82, 2.24) is 19.6 Å². The van der Waals surface area contributed by atoms with Crippen LogP contribution in [0.4, 0.5) is 0 Å². The van der Waals surface area contributed by atoms with Crippen molar-refractivity contribution in [1.29, 1.82) is 0 Å². The van der Waals surface area contributed by atoms with E-state index in [0.29, 0.717) is 31.9 Å². The second-order valence-corrected chi connectivity index (χ2v) is 6.78. The molecule has 2 N–H and O–H groups in total. The van der Waals surface area contributed by atoms with E-state index in [4.69, 9.17) is 10.5 Å². The van der Waals surface area contributed by atoms with Crippen molar-refractivity contribution in [2.24, 2.45) is 12.8 Å². The standard InChI is InChI=1S/C16H25N5O3/c1-10-6-21(7-11(2)24-10)14(22)9-20-5-4-13-12(8-20)15(16(17)23)18-19(13)3/h10-11H,4-9H2,1-3H3,(H2,17,23)/t10-,11+. The Morgan fingerprint density at radius 2 is 1.96 bits per heavy atom. The van der Waals surface area contributed by atoms with Crippen LogP contribution >= 0.6 is 0 Å². The van der Waals surface area contributed by atoms with Crippen molar-refractivity contribution < 1.29 is 14.3 Å². The van der Waals surface area contributed by atoms with Crippen molar-refractivity contribution >= 4 is 11.8 Å². The summed E-state index contributed by atoms with van der Waals surface area (Å²) in [5, 5.41) is 4.22. The van der Waals surface area contributed by atoms with E-state index in [0.717, 1.165) is 24.2 Å². The zero-order valence-corrected chi connectivity index (χ0v) is 14.5. The van der Waals surface area contributed by atoms with Crippen LogP contribution in [-0.4, -0.2) is 69.8 Å². The number of rotatable bonds is 3. The average Bonchev–Trinajstić information content (AvgIpc) is 2.83. The number of fused-ring (bicyclic) bond motifs is 1. The van der Waals surface area contributed by atoms with Crippen LogP contribution in [0.25, 0.3) is 0 Å². The van der Waals surface area contributed by atoms with Crippen molar-refractivity contribution in [2.45, 2.75) is 39.0 Å². The van der Waals surface area contributed by atoms with Crippen LogP contribution in [0.2, 0.25) is 0 Å². The third kappa shape index (κ3) is 3.29. The topological polar surface area (TPSA) is 93.7 Å². The molecule has 1 saturated heterocycles. The maximum atomic E-state index is 12.6. The van der Waals surface area contributed by atoms with E-state index < -0.39 is 5.91 Å². The molecule has 2 amide bonds. The summed E-state index contributed by atoms with van der Waals surface area (Å²) in [5.41, 5.74) is 7.62. The summed E-state index contributed by atoms with van der Waals surface area (Å²) >= 11 is 0. The third-order valence-electron chi connectivity index (χ3n) is 4.69. The summed E-state index contributed by atoms with van der Waals surface area (Å²) in [7, 11) is 1.82. The lowest BCUT2D eigenvalue weighted by Gasteiger charge is -2.37. The number of nitrogens with two attached hydrogens (primary N) is 1. The van der Waals surface area contributed by atoms with Gasteiger partial charge >= 0.3 is 0 Å². The van der Waals surface area contributed by atoms with Crippen LogP contribution in [0, 0.1) is 0 Å². The smallest absolute Gasteiger partial charge is 0.269 e. The number of hydrogen-bond donors (Lipinski definition) is 1. The first-order chi connectivity index (χ1) is 11.3. The van der Waals surface area contributed by atoms with Crippen molar-refractivity contribution in [3.05, 3.63) is 17.0 Å². The Kier molecular flexibility index (Phi) is 4.60. The minimum atomic E-state index is -0.518. The number of amides is 2. The largest absolute Gasteiger partial charge is 0.372 e. The number of hydrogen-bond acceptors (Lipinski definition) is 5.